The zero-order valence-electron chi connectivity index (χ0n) is 16.4. The van der Waals surface area contributed by atoms with E-state index in [4.69, 9.17) is 4.74 Å². The fourth-order valence-electron chi connectivity index (χ4n) is 3.14. The molecule has 1 aliphatic rings. The number of halogens is 1. The number of benzene rings is 2. The summed E-state index contributed by atoms with van der Waals surface area (Å²) in [5, 5.41) is 5.48. The molecule has 1 aliphatic heterocycles. The number of piperazine rings is 1. The van der Waals surface area contributed by atoms with Crippen LogP contribution >= 0.6 is 0 Å². The first kappa shape index (κ1) is 20.1. The van der Waals surface area contributed by atoms with Gasteiger partial charge in [-0.1, -0.05) is 24.3 Å². The van der Waals surface area contributed by atoms with Gasteiger partial charge in [-0.25, -0.2) is 9.18 Å². The van der Waals surface area contributed by atoms with Gasteiger partial charge in [-0.15, -0.1) is 0 Å². The molecule has 0 radical (unpaired) electrons. The zero-order chi connectivity index (χ0) is 19.9. The molecule has 2 N–H and O–H groups in total. The average Bonchev–Trinajstić information content (AvgIpc) is 2.70. The highest BCUT2D eigenvalue weighted by Gasteiger charge is 2.13. The van der Waals surface area contributed by atoms with E-state index in [0.29, 0.717) is 12.2 Å². The number of urea groups is 1. The number of amides is 2. The molecule has 6 nitrogen and oxygen atoms in total. The standard InChI is InChI=1S/C21H27FN4O2/c1-25-9-11-26(12-10-25)15-17-5-3-16(4-6-17)14-23-21(27)24-19-8-7-18(22)13-20(19)28-2/h3-8,13H,9-12,14-15H2,1-2H3,(H2,23,24,27). The van der Waals surface area contributed by atoms with E-state index in [1.54, 1.807) is 0 Å². The Morgan fingerprint density at radius 1 is 1.07 bits per heavy atom. The lowest BCUT2D eigenvalue weighted by molar-refractivity contribution is 0.148. The van der Waals surface area contributed by atoms with Crippen molar-refractivity contribution in [1.29, 1.82) is 0 Å². The lowest BCUT2D eigenvalue weighted by Crippen LogP contribution is -2.43. The lowest BCUT2D eigenvalue weighted by Gasteiger charge is -2.32. The second-order valence-electron chi connectivity index (χ2n) is 7.05. The Morgan fingerprint density at radius 2 is 1.75 bits per heavy atom. The first-order valence-electron chi connectivity index (χ1n) is 9.40. The monoisotopic (exact) mass is 386 g/mol. The zero-order valence-corrected chi connectivity index (χ0v) is 16.4. The summed E-state index contributed by atoms with van der Waals surface area (Å²) < 4.78 is 18.3. The van der Waals surface area contributed by atoms with Gasteiger partial charge in [0.25, 0.3) is 0 Å². The number of carbonyl (C=O) groups excluding carboxylic acids is 1. The van der Waals surface area contributed by atoms with Gasteiger partial charge in [0.15, 0.2) is 0 Å². The molecule has 0 aromatic heterocycles. The van der Waals surface area contributed by atoms with Crippen molar-refractivity contribution in [2.24, 2.45) is 0 Å². The summed E-state index contributed by atoms with van der Waals surface area (Å²) in [6.07, 6.45) is 0. The number of likely N-dealkylation sites (N-methyl/N-ethyl adjacent to an activating group) is 1. The van der Waals surface area contributed by atoms with Crippen molar-refractivity contribution >= 4 is 11.7 Å². The highest BCUT2D eigenvalue weighted by atomic mass is 19.1. The van der Waals surface area contributed by atoms with Gasteiger partial charge >= 0.3 is 6.03 Å². The molecule has 2 aromatic rings. The largest absolute Gasteiger partial charge is 0.494 e. The molecule has 7 heteroatoms. The number of nitrogens with zero attached hydrogens (tertiary/aromatic N) is 2. The SMILES string of the molecule is COc1cc(F)ccc1NC(=O)NCc1ccc(CN2CCN(C)CC2)cc1. The van der Waals surface area contributed by atoms with Crippen molar-refractivity contribution < 1.29 is 13.9 Å². The first-order valence-corrected chi connectivity index (χ1v) is 9.40. The molecule has 150 valence electrons. The number of anilines is 1. The predicted octanol–water partition coefficient (Wildman–Crippen LogP) is 2.90. The van der Waals surface area contributed by atoms with Crippen molar-refractivity contribution in [3.63, 3.8) is 0 Å². The fourth-order valence-corrected chi connectivity index (χ4v) is 3.14. The summed E-state index contributed by atoms with van der Waals surface area (Å²) >= 11 is 0. The van der Waals surface area contributed by atoms with E-state index in [2.05, 4.69) is 39.6 Å². The minimum Gasteiger partial charge on any atom is -0.494 e. The third-order valence-corrected chi connectivity index (χ3v) is 4.89. The van der Waals surface area contributed by atoms with Gasteiger partial charge in [0.1, 0.15) is 11.6 Å². The van der Waals surface area contributed by atoms with Gasteiger partial charge in [0, 0.05) is 45.3 Å². The summed E-state index contributed by atoms with van der Waals surface area (Å²) in [5.74, 6) is -0.136. The molecule has 28 heavy (non-hydrogen) atoms. The number of hydrogen-bond donors (Lipinski definition) is 2. The van der Waals surface area contributed by atoms with E-state index in [-0.39, 0.29) is 11.8 Å². The molecule has 0 bridgehead atoms. The van der Waals surface area contributed by atoms with Crippen molar-refractivity contribution in [3.8, 4) is 5.75 Å². The smallest absolute Gasteiger partial charge is 0.319 e. The Kier molecular flexibility index (Phi) is 6.84. The summed E-state index contributed by atoms with van der Waals surface area (Å²) in [6, 6.07) is 11.9. The quantitative estimate of drug-likeness (QED) is 0.802. The molecule has 3 rings (SSSR count). The van der Waals surface area contributed by atoms with E-state index in [1.165, 1.54) is 30.9 Å². The van der Waals surface area contributed by atoms with Crippen LogP contribution in [0.1, 0.15) is 11.1 Å². The molecule has 0 spiro atoms. The van der Waals surface area contributed by atoms with Crippen LogP contribution < -0.4 is 15.4 Å². The van der Waals surface area contributed by atoms with Crippen molar-refractivity contribution in [2.75, 3.05) is 45.7 Å². The number of ether oxygens (including phenoxy) is 1. The lowest BCUT2D eigenvalue weighted by atomic mass is 10.1. The molecular weight excluding hydrogens is 359 g/mol. The number of methoxy groups -OCH3 is 1. The normalized spacial score (nSPS) is 15.2. The molecule has 2 amide bonds. The third kappa shape index (κ3) is 5.68. The van der Waals surface area contributed by atoms with Gasteiger partial charge in [-0.2, -0.15) is 0 Å². The Hall–Kier alpha value is -2.64. The van der Waals surface area contributed by atoms with Crippen LogP contribution in [-0.2, 0) is 13.1 Å². The predicted molar refractivity (Wildman–Crippen MR) is 108 cm³/mol. The Labute approximate surface area is 165 Å². The van der Waals surface area contributed by atoms with Crippen molar-refractivity contribution in [3.05, 3.63) is 59.4 Å². The first-order chi connectivity index (χ1) is 13.5. The van der Waals surface area contributed by atoms with E-state index in [9.17, 15) is 9.18 Å². The molecule has 1 saturated heterocycles. The molecular formula is C21H27FN4O2. The van der Waals surface area contributed by atoms with Crippen molar-refractivity contribution in [1.82, 2.24) is 15.1 Å². The van der Waals surface area contributed by atoms with E-state index < -0.39 is 5.82 Å². The maximum Gasteiger partial charge on any atom is 0.319 e. The summed E-state index contributed by atoms with van der Waals surface area (Å²) in [6.45, 7) is 5.75. The summed E-state index contributed by atoms with van der Waals surface area (Å²) in [5.41, 5.74) is 2.71. The maximum absolute atomic E-state index is 13.2. The van der Waals surface area contributed by atoms with Crippen LogP contribution in [0.15, 0.2) is 42.5 Å². The second-order valence-corrected chi connectivity index (χ2v) is 7.05. The van der Waals surface area contributed by atoms with Gasteiger partial charge in [-0.05, 0) is 30.3 Å². The summed E-state index contributed by atoms with van der Waals surface area (Å²) in [4.78, 5) is 16.9. The topological polar surface area (TPSA) is 56.8 Å². The van der Waals surface area contributed by atoms with Gasteiger partial charge in [0.05, 0.1) is 12.8 Å². The molecule has 0 aliphatic carbocycles. The van der Waals surface area contributed by atoms with E-state index in [1.807, 2.05) is 12.1 Å². The number of rotatable bonds is 6. The minimum atomic E-state index is -0.417. The molecule has 0 saturated carbocycles. The molecule has 0 atom stereocenters. The van der Waals surface area contributed by atoms with Crippen LogP contribution in [-0.4, -0.2) is 56.2 Å². The maximum atomic E-state index is 13.2. The van der Waals surface area contributed by atoms with Crippen molar-refractivity contribution in [2.45, 2.75) is 13.1 Å². The van der Waals surface area contributed by atoms with Crippen LogP contribution in [0.25, 0.3) is 0 Å². The Bertz CT molecular complexity index is 789. The van der Waals surface area contributed by atoms with Gasteiger partial charge < -0.3 is 20.3 Å². The Morgan fingerprint density at radius 3 is 2.43 bits per heavy atom. The van der Waals surface area contributed by atoms with E-state index >= 15 is 0 Å². The third-order valence-electron chi connectivity index (χ3n) is 4.89. The molecule has 1 heterocycles. The highest BCUT2D eigenvalue weighted by molar-refractivity contribution is 5.90. The van der Waals surface area contributed by atoms with Crippen LogP contribution in [0.5, 0.6) is 5.75 Å². The number of carbonyl (C=O) groups is 1. The summed E-state index contributed by atoms with van der Waals surface area (Å²) in [7, 11) is 3.59. The van der Waals surface area contributed by atoms with Gasteiger partial charge in [-0.3, -0.25) is 4.90 Å². The number of hydrogen-bond acceptors (Lipinski definition) is 4. The number of nitrogens with one attached hydrogen (secondary N) is 2. The Balaban J connectivity index is 1.47. The molecule has 1 fully saturated rings. The van der Waals surface area contributed by atoms with Gasteiger partial charge in [0.2, 0.25) is 0 Å². The van der Waals surface area contributed by atoms with Crippen LogP contribution in [0.2, 0.25) is 0 Å². The van der Waals surface area contributed by atoms with Crippen LogP contribution in [0.3, 0.4) is 0 Å². The molecule has 2 aromatic carbocycles. The highest BCUT2D eigenvalue weighted by Crippen LogP contribution is 2.24. The van der Waals surface area contributed by atoms with Crippen LogP contribution in [0, 0.1) is 5.82 Å². The fraction of sp³-hybridized carbons (Fsp3) is 0.381. The minimum absolute atomic E-state index is 0.281. The second kappa shape index (κ2) is 9.52. The average molecular weight is 386 g/mol. The van der Waals surface area contributed by atoms with Crippen LogP contribution in [0.4, 0.5) is 14.9 Å². The molecule has 0 unspecified atom stereocenters. The van der Waals surface area contributed by atoms with E-state index in [0.717, 1.165) is 38.3 Å².